The second kappa shape index (κ2) is 12.4. The average molecular weight is 472 g/mol. The molecule has 2 aromatic rings. The van der Waals surface area contributed by atoms with E-state index in [0.29, 0.717) is 11.6 Å². The molecule has 0 unspecified atom stereocenters. The van der Waals surface area contributed by atoms with Crippen LogP contribution in [0.3, 0.4) is 0 Å². The van der Waals surface area contributed by atoms with E-state index >= 15 is 0 Å². The summed E-state index contributed by atoms with van der Waals surface area (Å²) < 4.78 is 12.8. The summed E-state index contributed by atoms with van der Waals surface area (Å²) in [6.07, 6.45) is 0.722. The lowest BCUT2D eigenvalue weighted by molar-refractivity contribution is -0.125. The van der Waals surface area contributed by atoms with Crippen molar-refractivity contribution in [2.75, 3.05) is 25.4 Å². The van der Waals surface area contributed by atoms with Crippen LogP contribution in [0.15, 0.2) is 47.4 Å². The van der Waals surface area contributed by atoms with Crippen molar-refractivity contribution in [3.8, 4) is 0 Å². The lowest BCUT2D eigenvalue weighted by Crippen LogP contribution is -2.42. The highest BCUT2D eigenvalue weighted by Gasteiger charge is 2.12. The highest BCUT2D eigenvalue weighted by molar-refractivity contribution is 7.99. The molecule has 0 saturated carbocycles. The molecule has 3 N–H and O–H groups in total. The molecule has 6 nitrogen and oxygen atoms in total. The molecule has 0 aliphatic rings. The zero-order valence-corrected chi connectivity index (χ0v) is 18.2. The fraction of sp³-hybridized carbons (Fsp3) is 0.250. The second-order valence-electron chi connectivity index (χ2n) is 6.09. The first-order valence-electron chi connectivity index (χ1n) is 9.00. The number of amides is 3. The molecule has 0 spiro atoms. The molecule has 0 aliphatic heterocycles. The van der Waals surface area contributed by atoms with Crippen LogP contribution in [0, 0.1) is 5.82 Å². The maximum atomic E-state index is 12.8. The zero-order valence-electron chi connectivity index (χ0n) is 15.8. The number of thioether (sulfide) groups is 1. The van der Waals surface area contributed by atoms with Gasteiger partial charge in [0.2, 0.25) is 11.8 Å². The molecule has 0 radical (unpaired) electrons. The third-order valence-corrected chi connectivity index (χ3v) is 5.40. The first-order valence-corrected chi connectivity index (χ1v) is 10.7. The fourth-order valence-corrected chi connectivity index (χ4v) is 3.60. The van der Waals surface area contributed by atoms with Crippen molar-refractivity contribution >= 4 is 52.7 Å². The van der Waals surface area contributed by atoms with Crippen LogP contribution in [0.2, 0.25) is 10.0 Å². The van der Waals surface area contributed by atoms with Gasteiger partial charge in [-0.25, -0.2) is 4.39 Å². The van der Waals surface area contributed by atoms with Crippen LogP contribution in [0.1, 0.15) is 16.8 Å². The van der Waals surface area contributed by atoms with E-state index in [1.807, 2.05) is 0 Å². The van der Waals surface area contributed by atoms with Gasteiger partial charge in [0.15, 0.2) is 0 Å². The molecular formula is C20H20Cl2FN3O3S. The molecule has 0 saturated heterocycles. The monoisotopic (exact) mass is 471 g/mol. The number of carbonyl (C=O) groups is 3. The standard InChI is InChI=1S/C20H20Cl2FN3O3S/c21-13-2-7-16(17(22)10-13)20(29)26-12-19(28)25-11-18(27)24-8-1-9-30-15-5-3-14(23)4-6-15/h2-7,10H,1,8-9,11-12H2,(H,24,27)(H,25,28)(H,26,29). The number of hydrogen-bond acceptors (Lipinski definition) is 4. The molecule has 0 aliphatic carbocycles. The van der Waals surface area contributed by atoms with Gasteiger partial charge in [0, 0.05) is 16.5 Å². The predicted molar refractivity (Wildman–Crippen MR) is 117 cm³/mol. The van der Waals surface area contributed by atoms with Crippen LogP contribution in [-0.2, 0) is 9.59 Å². The minimum Gasteiger partial charge on any atom is -0.355 e. The topological polar surface area (TPSA) is 87.3 Å². The quantitative estimate of drug-likeness (QED) is 0.366. The van der Waals surface area contributed by atoms with E-state index in [1.54, 1.807) is 23.9 Å². The fourth-order valence-electron chi connectivity index (χ4n) is 2.25. The third-order valence-electron chi connectivity index (χ3n) is 3.76. The summed E-state index contributed by atoms with van der Waals surface area (Å²) in [6.45, 7) is -0.0322. The largest absolute Gasteiger partial charge is 0.355 e. The summed E-state index contributed by atoms with van der Waals surface area (Å²) in [7, 11) is 0. The van der Waals surface area contributed by atoms with Crippen molar-refractivity contribution in [3.05, 3.63) is 63.9 Å². The van der Waals surface area contributed by atoms with Gasteiger partial charge in [-0.1, -0.05) is 23.2 Å². The van der Waals surface area contributed by atoms with Crippen LogP contribution in [0.4, 0.5) is 4.39 Å². The zero-order chi connectivity index (χ0) is 21.9. The molecule has 3 amide bonds. The van der Waals surface area contributed by atoms with Gasteiger partial charge in [0.05, 0.1) is 23.7 Å². The van der Waals surface area contributed by atoms with Crippen LogP contribution >= 0.6 is 35.0 Å². The molecular weight excluding hydrogens is 452 g/mol. The SMILES string of the molecule is O=C(CNC(=O)CNC(=O)c1ccc(Cl)cc1Cl)NCCCSc1ccc(F)cc1. The maximum Gasteiger partial charge on any atom is 0.253 e. The number of halogens is 3. The van der Waals surface area contributed by atoms with Crippen LogP contribution in [0.5, 0.6) is 0 Å². The molecule has 10 heteroatoms. The van der Waals surface area contributed by atoms with E-state index < -0.39 is 11.8 Å². The predicted octanol–water partition coefficient (Wildman–Crippen LogP) is 3.28. The Hall–Kier alpha value is -2.29. The minimum atomic E-state index is -0.519. The highest BCUT2D eigenvalue weighted by atomic mass is 35.5. The number of hydrogen-bond donors (Lipinski definition) is 3. The van der Waals surface area contributed by atoms with Gasteiger partial charge in [-0.3, -0.25) is 14.4 Å². The normalized spacial score (nSPS) is 10.4. The summed E-state index contributed by atoms with van der Waals surface area (Å²) in [5.41, 5.74) is 0.199. The third kappa shape index (κ3) is 8.61. The van der Waals surface area contributed by atoms with Gasteiger partial charge in [-0.2, -0.15) is 0 Å². The highest BCUT2D eigenvalue weighted by Crippen LogP contribution is 2.20. The Labute approximate surface area is 187 Å². The molecule has 2 aromatic carbocycles. The molecule has 0 heterocycles. The average Bonchev–Trinajstić information content (AvgIpc) is 2.71. The van der Waals surface area contributed by atoms with E-state index in [4.69, 9.17) is 23.2 Å². The van der Waals surface area contributed by atoms with Gasteiger partial charge in [-0.05, 0) is 54.6 Å². The lowest BCUT2D eigenvalue weighted by Gasteiger charge is -2.09. The van der Waals surface area contributed by atoms with Crippen molar-refractivity contribution in [2.24, 2.45) is 0 Å². The summed E-state index contributed by atoms with van der Waals surface area (Å²) in [4.78, 5) is 36.5. The van der Waals surface area contributed by atoms with Crippen LogP contribution < -0.4 is 16.0 Å². The van der Waals surface area contributed by atoms with E-state index in [1.165, 1.54) is 30.3 Å². The summed E-state index contributed by atoms with van der Waals surface area (Å²) in [5, 5.41) is 8.12. The van der Waals surface area contributed by atoms with Crippen molar-refractivity contribution in [1.82, 2.24) is 16.0 Å². The molecule has 160 valence electrons. The van der Waals surface area contributed by atoms with Gasteiger partial charge < -0.3 is 16.0 Å². The molecule has 2 rings (SSSR count). The van der Waals surface area contributed by atoms with E-state index in [9.17, 15) is 18.8 Å². The number of carbonyl (C=O) groups excluding carboxylic acids is 3. The Kier molecular flexibility index (Phi) is 9.93. The molecule has 30 heavy (non-hydrogen) atoms. The van der Waals surface area contributed by atoms with Gasteiger partial charge in [0.25, 0.3) is 5.91 Å². The summed E-state index contributed by atoms with van der Waals surface area (Å²) in [6, 6.07) is 10.6. The van der Waals surface area contributed by atoms with E-state index in [2.05, 4.69) is 16.0 Å². The number of rotatable bonds is 10. The Balaban J connectivity index is 1.57. The molecule has 0 aromatic heterocycles. The number of benzene rings is 2. The molecule has 0 atom stereocenters. The summed E-state index contributed by atoms with van der Waals surface area (Å²) in [5.74, 6) is -0.869. The molecule has 0 fully saturated rings. The van der Waals surface area contributed by atoms with Gasteiger partial charge in [0.1, 0.15) is 5.82 Å². The Morgan fingerprint density at radius 3 is 2.27 bits per heavy atom. The smallest absolute Gasteiger partial charge is 0.253 e. The van der Waals surface area contributed by atoms with Gasteiger partial charge >= 0.3 is 0 Å². The van der Waals surface area contributed by atoms with E-state index in [-0.39, 0.29) is 35.4 Å². The summed E-state index contributed by atoms with van der Waals surface area (Å²) >= 11 is 13.3. The lowest BCUT2D eigenvalue weighted by atomic mass is 10.2. The van der Waals surface area contributed by atoms with Crippen molar-refractivity contribution in [1.29, 1.82) is 0 Å². The van der Waals surface area contributed by atoms with Crippen LogP contribution in [-0.4, -0.2) is 43.1 Å². The van der Waals surface area contributed by atoms with Gasteiger partial charge in [-0.15, -0.1) is 11.8 Å². The second-order valence-corrected chi connectivity index (χ2v) is 8.10. The minimum absolute atomic E-state index is 0.178. The first kappa shape index (κ1) is 24.0. The maximum absolute atomic E-state index is 12.8. The van der Waals surface area contributed by atoms with E-state index in [0.717, 1.165) is 17.1 Å². The van der Waals surface area contributed by atoms with Crippen molar-refractivity contribution in [2.45, 2.75) is 11.3 Å². The Morgan fingerprint density at radius 2 is 1.57 bits per heavy atom. The Morgan fingerprint density at radius 1 is 0.900 bits per heavy atom. The van der Waals surface area contributed by atoms with Crippen molar-refractivity contribution in [3.63, 3.8) is 0 Å². The first-order chi connectivity index (χ1) is 14.3. The Bertz CT molecular complexity index is 897. The van der Waals surface area contributed by atoms with Crippen molar-refractivity contribution < 1.29 is 18.8 Å². The molecule has 0 bridgehead atoms. The number of nitrogens with one attached hydrogen (secondary N) is 3. The van der Waals surface area contributed by atoms with Crippen LogP contribution in [0.25, 0.3) is 0 Å².